The summed E-state index contributed by atoms with van der Waals surface area (Å²) in [6, 6.07) is 5.98. The molecule has 10 heteroatoms. The Morgan fingerprint density at radius 2 is 1.89 bits per heavy atom. The van der Waals surface area contributed by atoms with E-state index in [0.717, 1.165) is 16.8 Å². The van der Waals surface area contributed by atoms with E-state index in [1.54, 1.807) is 6.20 Å². The Morgan fingerprint density at radius 3 is 2.54 bits per heavy atom. The Bertz CT molecular complexity index is 787. The first kappa shape index (κ1) is 19.2. The number of hydrogen-bond acceptors (Lipinski definition) is 6. The number of carbonyl (C=O) groups excluding carboxylic acids is 1. The predicted molar refractivity (Wildman–Crippen MR) is 95.8 cm³/mol. The van der Waals surface area contributed by atoms with Gasteiger partial charge in [-0.1, -0.05) is 18.2 Å². The number of carbonyl (C=O) groups is 1. The van der Waals surface area contributed by atoms with Crippen molar-refractivity contribution in [3.8, 4) is 0 Å². The lowest BCUT2D eigenvalue weighted by Crippen LogP contribution is -2.72. The number of benzene rings is 1. The molecule has 1 aromatic rings. The summed E-state index contributed by atoms with van der Waals surface area (Å²) in [5, 5.41) is 7.96. The van der Waals surface area contributed by atoms with Gasteiger partial charge in [-0.2, -0.15) is 13.2 Å². The van der Waals surface area contributed by atoms with Crippen molar-refractivity contribution in [3.63, 3.8) is 0 Å². The highest BCUT2D eigenvalue weighted by Gasteiger charge is 2.43. The lowest BCUT2D eigenvalue weighted by Gasteiger charge is -2.46. The van der Waals surface area contributed by atoms with Crippen LogP contribution < -0.4 is 21.1 Å². The van der Waals surface area contributed by atoms with E-state index in [-0.39, 0.29) is 12.1 Å². The molecule has 0 radical (unpaired) electrons. The van der Waals surface area contributed by atoms with E-state index in [1.165, 1.54) is 0 Å². The summed E-state index contributed by atoms with van der Waals surface area (Å²) < 4.78 is 41.5. The fraction of sp³-hybridized carbons (Fsp3) is 0.500. The van der Waals surface area contributed by atoms with Gasteiger partial charge < -0.3 is 10.1 Å². The number of hydrogen-bond donors (Lipinski definition) is 3. The fourth-order valence-corrected chi connectivity index (χ4v) is 3.69. The van der Waals surface area contributed by atoms with Gasteiger partial charge in [0.2, 0.25) is 0 Å². The number of likely N-dealkylation sites (tertiary alicyclic amines) is 1. The van der Waals surface area contributed by atoms with Crippen LogP contribution in [0.25, 0.3) is 0 Å². The molecule has 3 aliphatic heterocycles. The Hall–Kier alpha value is -2.14. The smallest absolute Gasteiger partial charge is 0.366 e. The van der Waals surface area contributed by atoms with Crippen LogP contribution in [0.1, 0.15) is 11.1 Å². The molecule has 2 saturated heterocycles. The van der Waals surface area contributed by atoms with Gasteiger partial charge in [0.15, 0.2) is 0 Å². The maximum absolute atomic E-state index is 12.5. The lowest BCUT2D eigenvalue weighted by atomic mass is 10.1. The molecule has 0 aromatic heterocycles. The van der Waals surface area contributed by atoms with Crippen molar-refractivity contribution in [2.45, 2.75) is 38.6 Å². The van der Waals surface area contributed by atoms with E-state index < -0.39 is 25.2 Å². The first-order chi connectivity index (χ1) is 13.2. The van der Waals surface area contributed by atoms with Crippen LogP contribution in [0, 0.1) is 13.8 Å². The van der Waals surface area contributed by atoms with Gasteiger partial charge in [0.25, 0.3) is 5.91 Å². The second-order valence-corrected chi connectivity index (χ2v) is 7.30. The molecule has 152 valence electrons. The minimum atomic E-state index is -4.33. The highest BCUT2D eigenvalue weighted by atomic mass is 19.4. The molecule has 0 saturated carbocycles. The van der Waals surface area contributed by atoms with Gasteiger partial charge in [-0.05, 0) is 25.0 Å². The molecule has 2 unspecified atom stereocenters. The van der Waals surface area contributed by atoms with Gasteiger partial charge in [0.05, 0.1) is 17.4 Å². The molecule has 1 aromatic carbocycles. The number of para-hydroxylation sites is 1. The van der Waals surface area contributed by atoms with Gasteiger partial charge in [-0.3, -0.25) is 20.0 Å². The summed E-state index contributed by atoms with van der Waals surface area (Å²) in [6.45, 7) is 3.39. The standard InChI is InChI=1S/C18H22F3N5O2/c1-10-4-3-5-11(2)14(10)26-8-13-15(24-26)22-17(23-16(13)27)25-6-12(7-25)28-9-18(19,20)21/h3-5,8,12,15,17,22,24H,6-7,9H2,1-2H3,(H,23,27). The van der Waals surface area contributed by atoms with E-state index >= 15 is 0 Å². The summed E-state index contributed by atoms with van der Waals surface area (Å²) in [5.74, 6) is -0.213. The average molecular weight is 397 g/mol. The van der Waals surface area contributed by atoms with Crippen molar-refractivity contribution in [1.82, 2.24) is 21.0 Å². The zero-order chi connectivity index (χ0) is 20.1. The summed E-state index contributed by atoms with van der Waals surface area (Å²) in [7, 11) is 0. The SMILES string of the molecule is Cc1cccc(C)c1N1C=C2C(=O)NC(N3CC(OCC(F)(F)F)C3)NC2N1. The topological polar surface area (TPSA) is 68.9 Å². The van der Waals surface area contributed by atoms with Crippen molar-refractivity contribution in [2.24, 2.45) is 0 Å². The van der Waals surface area contributed by atoms with Gasteiger partial charge in [-0.15, -0.1) is 0 Å². The maximum atomic E-state index is 12.5. The van der Waals surface area contributed by atoms with E-state index in [9.17, 15) is 18.0 Å². The van der Waals surface area contributed by atoms with E-state index in [4.69, 9.17) is 4.74 Å². The van der Waals surface area contributed by atoms with Gasteiger partial charge >= 0.3 is 6.18 Å². The minimum absolute atomic E-state index is 0.213. The lowest BCUT2D eigenvalue weighted by molar-refractivity contribution is -0.203. The molecule has 0 aliphatic carbocycles. The number of nitrogens with one attached hydrogen (secondary N) is 3. The molecule has 4 rings (SSSR count). The number of alkyl halides is 3. The molecule has 3 aliphatic rings. The third-order valence-electron chi connectivity index (χ3n) is 5.11. The second-order valence-electron chi connectivity index (χ2n) is 7.30. The third-order valence-corrected chi connectivity index (χ3v) is 5.11. The van der Waals surface area contributed by atoms with Crippen LogP contribution in [0.3, 0.4) is 0 Å². The van der Waals surface area contributed by atoms with Crippen molar-refractivity contribution in [3.05, 3.63) is 41.1 Å². The molecule has 28 heavy (non-hydrogen) atoms. The third kappa shape index (κ3) is 3.72. The summed E-state index contributed by atoms with van der Waals surface area (Å²) in [4.78, 5) is 14.4. The summed E-state index contributed by atoms with van der Waals surface area (Å²) >= 11 is 0. The van der Waals surface area contributed by atoms with Crippen LogP contribution in [0.15, 0.2) is 30.0 Å². The molecular formula is C18H22F3N5O2. The van der Waals surface area contributed by atoms with Crippen LogP contribution in [0.5, 0.6) is 0 Å². The zero-order valence-corrected chi connectivity index (χ0v) is 15.5. The Morgan fingerprint density at radius 1 is 1.21 bits per heavy atom. The van der Waals surface area contributed by atoms with Gasteiger partial charge in [-0.25, -0.2) is 5.43 Å². The molecule has 2 fully saturated rings. The number of fused-ring (bicyclic) bond motifs is 1. The molecular weight excluding hydrogens is 375 g/mol. The zero-order valence-electron chi connectivity index (χ0n) is 15.5. The number of amides is 1. The Kier molecular flexibility index (Phi) is 4.82. The van der Waals surface area contributed by atoms with Crippen molar-refractivity contribution in [1.29, 1.82) is 0 Å². The molecule has 7 nitrogen and oxygen atoms in total. The number of halogens is 3. The summed E-state index contributed by atoms with van der Waals surface area (Å²) in [5.41, 5.74) is 6.97. The van der Waals surface area contributed by atoms with Crippen molar-refractivity contribution in [2.75, 3.05) is 24.7 Å². The first-order valence-corrected chi connectivity index (χ1v) is 9.04. The minimum Gasteiger partial charge on any atom is -0.366 e. The second kappa shape index (κ2) is 7.03. The quantitative estimate of drug-likeness (QED) is 0.707. The molecule has 3 heterocycles. The van der Waals surface area contributed by atoms with Crippen LogP contribution >= 0.6 is 0 Å². The van der Waals surface area contributed by atoms with Crippen LogP contribution in [-0.4, -0.2) is 55.2 Å². The van der Waals surface area contributed by atoms with Crippen molar-refractivity contribution >= 4 is 11.6 Å². The highest BCUT2D eigenvalue weighted by molar-refractivity contribution is 5.96. The fourth-order valence-electron chi connectivity index (χ4n) is 3.69. The van der Waals surface area contributed by atoms with Gasteiger partial charge in [0, 0.05) is 19.3 Å². The van der Waals surface area contributed by atoms with Gasteiger partial charge in [0.1, 0.15) is 19.1 Å². The number of anilines is 1. The number of aryl methyl sites for hydroxylation is 2. The maximum Gasteiger partial charge on any atom is 0.411 e. The monoisotopic (exact) mass is 397 g/mol. The number of hydrazine groups is 1. The number of rotatable bonds is 4. The number of nitrogens with zero attached hydrogens (tertiary/aromatic N) is 2. The Labute approximate surface area is 160 Å². The molecule has 2 atom stereocenters. The molecule has 0 spiro atoms. The summed E-state index contributed by atoms with van der Waals surface area (Å²) in [6.07, 6.45) is -3.90. The molecule has 0 bridgehead atoms. The molecule has 1 amide bonds. The largest absolute Gasteiger partial charge is 0.411 e. The van der Waals surface area contributed by atoms with E-state index in [1.807, 2.05) is 42.0 Å². The van der Waals surface area contributed by atoms with Crippen LogP contribution in [-0.2, 0) is 9.53 Å². The molecule has 3 N–H and O–H groups in total. The normalized spacial score (nSPS) is 26.0. The Balaban J connectivity index is 1.37. The number of ether oxygens (including phenoxy) is 1. The van der Waals surface area contributed by atoms with Crippen LogP contribution in [0.2, 0.25) is 0 Å². The van der Waals surface area contributed by atoms with E-state index in [2.05, 4.69) is 16.1 Å². The van der Waals surface area contributed by atoms with Crippen molar-refractivity contribution < 1.29 is 22.7 Å². The average Bonchev–Trinajstić information content (AvgIpc) is 2.96. The van der Waals surface area contributed by atoms with E-state index in [0.29, 0.717) is 18.7 Å². The predicted octanol–water partition coefficient (Wildman–Crippen LogP) is 1.10. The first-order valence-electron chi connectivity index (χ1n) is 9.04. The van der Waals surface area contributed by atoms with Crippen LogP contribution in [0.4, 0.5) is 18.9 Å². The highest BCUT2D eigenvalue weighted by Crippen LogP contribution is 2.29.